The summed E-state index contributed by atoms with van der Waals surface area (Å²) in [4.78, 5) is 4.48. The number of pyridine rings is 1. The summed E-state index contributed by atoms with van der Waals surface area (Å²) >= 11 is 5.95. The topological polar surface area (TPSA) is 54.2 Å². The third kappa shape index (κ3) is 2.17. The third-order valence-electron chi connectivity index (χ3n) is 4.10. The Bertz CT molecular complexity index is 598. The highest BCUT2D eigenvalue weighted by molar-refractivity contribution is 6.30. The van der Waals surface area contributed by atoms with Gasteiger partial charge in [-0.1, -0.05) is 11.6 Å². The van der Waals surface area contributed by atoms with Crippen LogP contribution in [0.2, 0.25) is 5.02 Å². The average molecular weight is 278 g/mol. The molecule has 19 heavy (non-hydrogen) atoms. The third-order valence-corrected chi connectivity index (χ3v) is 4.32. The van der Waals surface area contributed by atoms with Gasteiger partial charge in [-0.15, -0.1) is 5.10 Å². The van der Waals surface area contributed by atoms with Crippen LogP contribution in [0.3, 0.4) is 0 Å². The fourth-order valence-corrected chi connectivity index (χ4v) is 3.43. The van der Waals surface area contributed by atoms with Crippen LogP contribution in [0.1, 0.15) is 25.7 Å². The van der Waals surface area contributed by atoms with E-state index in [0.29, 0.717) is 29.1 Å². The summed E-state index contributed by atoms with van der Waals surface area (Å²) in [5, 5.41) is 12.2. The average Bonchev–Trinajstić information content (AvgIpc) is 2.92. The molecule has 6 heteroatoms. The normalized spacial score (nSPS) is 29.8. The van der Waals surface area contributed by atoms with Crippen molar-refractivity contribution in [3.63, 3.8) is 0 Å². The van der Waals surface area contributed by atoms with Gasteiger partial charge in [0.1, 0.15) is 0 Å². The van der Waals surface area contributed by atoms with Crippen LogP contribution in [0.15, 0.2) is 18.3 Å². The Kier molecular flexibility index (Phi) is 2.63. The van der Waals surface area contributed by atoms with Crippen LogP contribution in [0.4, 0.5) is 5.95 Å². The Morgan fingerprint density at radius 3 is 2.84 bits per heavy atom. The van der Waals surface area contributed by atoms with Gasteiger partial charge in [0, 0.05) is 24.3 Å². The maximum atomic E-state index is 5.95. The molecule has 2 bridgehead atoms. The number of nitrogens with zero attached hydrogens (tertiary/aromatic N) is 3. The number of piperidine rings is 1. The Balaban J connectivity index is 1.54. The number of fused-ring (bicyclic) bond motifs is 3. The molecule has 4 heterocycles. The quantitative estimate of drug-likeness (QED) is 0.882. The van der Waals surface area contributed by atoms with Crippen molar-refractivity contribution in [3.8, 4) is 0 Å². The van der Waals surface area contributed by atoms with E-state index in [0.717, 1.165) is 18.5 Å². The van der Waals surface area contributed by atoms with E-state index in [4.69, 9.17) is 11.6 Å². The van der Waals surface area contributed by atoms with Gasteiger partial charge < -0.3 is 10.6 Å². The number of nitrogens with one attached hydrogen (secondary N) is 2. The predicted molar refractivity (Wildman–Crippen MR) is 74.6 cm³/mol. The van der Waals surface area contributed by atoms with E-state index in [1.165, 1.54) is 12.8 Å². The molecule has 0 amide bonds. The lowest BCUT2D eigenvalue weighted by molar-refractivity contribution is 0.377. The van der Waals surface area contributed by atoms with E-state index >= 15 is 0 Å². The van der Waals surface area contributed by atoms with Gasteiger partial charge >= 0.3 is 0 Å². The summed E-state index contributed by atoms with van der Waals surface area (Å²) in [6.07, 6.45) is 6.70. The predicted octanol–water partition coefficient (Wildman–Crippen LogP) is 2.08. The molecule has 4 rings (SSSR count). The minimum atomic E-state index is 0.478. The summed E-state index contributed by atoms with van der Waals surface area (Å²) in [7, 11) is 0. The first-order valence-electron chi connectivity index (χ1n) is 6.81. The summed E-state index contributed by atoms with van der Waals surface area (Å²) in [5.74, 6) is 0.702. The number of anilines is 1. The Hall–Kier alpha value is -1.33. The molecule has 2 atom stereocenters. The lowest BCUT2D eigenvalue weighted by Crippen LogP contribution is -2.43. The van der Waals surface area contributed by atoms with Gasteiger partial charge in [-0.3, -0.25) is 0 Å². The zero-order valence-electron chi connectivity index (χ0n) is 10.5. The van der Waals surface area contributed by atoms with Gasteiger partial charge in [-0.2, -0.15) is 4.98 Å². The first kappa shape index (κ1) is 11.5. The number of hydrogen-bond acceptors (Lipinski definition) is 4. The lowest BCUT2D eigenvalue weighted by Gasteiger charge is -2.29. The first-order chi connectivity index (χ1) is 9.26. The Labute approximate surface area is 116 Å². The van der Waals surface area contributed by atoms with E-state index in [-0.39, 0.29) is 0 Å². The monoisotopic (exact) mass is 277 g/mol. The van der Waals surface area contributed by atoms with Gasteiger partial charge in [-0.05, 0) is 37.8 Å². The minimum absolute atomic E-state index is 0.478. The minimum Gasteiger partial charge on any atom is -0.350 e. The number of rotatable bonds is 2. The molecular weight excluding hydrogens is 262 g/mol. The molecule has 2 aliphatic rings. The van der Waals surface area contributed by atoms with E-state index in [2.05, 4.69) is 20.7 Å². The number of halogens is 1. The molecule has 0 saturated carbocycles. The second-order valence-electron chi connectivity index (χ2n) is 5.54. The standard InChI is InChI=1S/C13H16ClN5/c14-8-1-4-12-17-13(18-19(12)7-8)16-11-5-9-2-3-10(6-11)15-9/h1,4,7,9-11,15H,2-3,5-6H2,(H,16,18). The van der Waals surface area contributed by atoms with Crippen molar-refractivity contribution in [2.45, 2.75) is 43.8 Å². The molecule has 0 aliphatic carbocycles. The van der Waals surface area contributed by atoms with Crippen molar-refractivity contribution in [2.75, 3.05) is 5.32 Å². The Morgan fingerprint density at radius 1 is 1.26 bits per heavy atom. The molecule has 2 unspecified atom stereocenters. The van der Waals surface area contributed by atoms with Crippen molar-refractivity contribution in [1.82, 2.24) is 19.9 Å². The zero-order valence-corrected chi connectivity index (χ0v) is 11.3. The van der Waals surface area contributed by atoms with E-state index in [9.17, 15) is 0 Å². The van der Waals surface area contributed by atoms with Gasteiger partial charge in [0.15, 0.2) is 5.65 Å². The molecule has 100 valence electrons. The van der Waals surface area contributed by atoms with E-state index < -0.39 is 0 Å². The molecule has 2 fully saturated rings. The van der Waals surface area contributed by atoms with E-state index in [1.807, 2.05) is 12.1 Å². The molecule has 2 N–H and O–H groups in total. The molecule has 2 aromatic heterocycles. The summed E-state index contributed by atoms with van der Waals surface area (Å²) in [5.41, 5.74) is 0.823. The van der Waals surface area contributed by atoms with Crippen molar-refractivity contribution in [2.24, 2.45) is 0 Å². The maximum Gasteiger partial charge on any atom is 0.243 e. The summed E-state index contributed by atoms with van der Waals surface area (Å²) < 4.78 is 1.72. The van der Waals surface area contributed by atoms with Gasteiger partial charge in [0.25, 0.3) is 0 Å². The van der Waals surface area contributed by atoms with Gasteiger partial charge in [0.05, 0.1) is 5.02 Å². The van der Waals surface area contributed by atoms with Gasteiger partial charge in [-0.25, -0.2) is 4.52 Å². The molecule has 0 spiro atoms. The smallest absolute Gasteiger partial charge is 0.243 e. The maximum absolute atomic E-state index is 5.95. The zero-order chi connectivity index (χ0) is 12.8. The summed E-state index contributed by atoms with van der Waals surface area (Å²) in [6, 6.07) is 5.53. The molecule has 0 radical (unpaired) electrons. The molecule has 0 aromatic carbocycles. The molecule has 2 aromatic rings. The highest BCUT2D eigenvalue weighted by Gasteiger charge is 2.33. The van der Waals surface area contributed by atoms with Crippen molar-refractivity contribution < 1.29 is 0 Å². The molecular formula is C13H16ClN5. The fourth-order valence-electron chi connectivity index (χ4n) is 3.28. The fraction of sp³-hybridized carbons (Fsp3) is 0.538. The second kappa shape index (κ2) is 4.35. The highest BCUT2D eigenvalue weighted by Crippen LogP contribution is 2.28. The van der Waals surface area contributed by atoms with Crippen LogP contribution in [0, 0.1) is 0 Å². The number of hydrogen-bond donors (Lipinski definition) is 2. The van der Waals surface area contributed by atoms with Crippen LogP contribution >= 0.6 is 11.6 Å². The van der Waals surface area contributed by atoms with Crippen LogP contribution in [0.5, 0.6) is 0 Å². The van der Waals surface area contributed by atoms with Crippen molar-refractivity contribution in [3.05, 3.63) is 23.4 Å². The second-order valence-corrected chi connectivity index (χ2v) is 5.97. The van der Waals surface area contributed by atoms with Gasteiger partial charge in [0.2, 0.25) is 5.95 Å². The van der Waals surface area contributed by atoms with Crippen LogP contribution < -0.4 is 10.6 Å². The summed E-state index contributed by atoms with van der Waals surface area (Å²) in [6.45, 7) is 0. The van der Waals surface area contributed by atoms with Crippen molar-refractivity contribution >= 4 is 23.2 Å². The SMILES string of the molecule is Clc1ccc2nc(NC3CC4CCC(C3)N4)nn2c1. The molecule has 2 aliphatic heterocycles. The lowest BCUT2D eigenvalue weighted by atomic mass is 10.0. The first-order valence-corrected chi connectivity index (χ1v) is 7.18. The van der Waals surface area contributed by atoms with Crippen LogP contribution in [0.25, 0.3) is 5.65 Å². The highest BCUT2D eigenvalue weighted by atomic mass is 35.5. The van der Waals surface area contributed by atoms with Crippen LogP contribution in [-0.2, 0) is 0 Å². The van der Waals surface area contributed by atoms with Crippen LogP contribution in [-0.4, -0.2) is 32.7 Å². The number of aromatic nitrogens is 3. The van der Waals surface area contributed by atoms with Crippen molar-refractivity contribution in [1.29, 1.82) is 0 Å². The molecule has 5 nitrogen and oxygen atoms in total. The molecule has 2 saturated heterocycles. The Morgan fingerprint density at radius 2 is 2.05 bits per heavy atom. The van der Waals surface area contributed by atoms with E-state index in [1.54, 1.807) is 10.7 Å². The largest absolute Gasteiger partial charge is 0.350 e.